The molecule has 7 nitrogen and oxygen atoms in total. The second-order valence-corrected chi connectivity index (χ2v) is 9.21. The van der Waals surface area contributed by atoms with Crippen molar-refractivity contribution in [2.45, 2.75) is 58.5 Å². The highest BCUT2D eigenvalue weighted by Gasteiger charge is 2.28. The number of nitrogens with one attached hydrogen (secondary N) is 4. The molecule has 2 aromatic rings. The highest BCUT2D eigenvalue weighted by molar-refractivity contribution is 6.17. The Hall–Kier alpha value is -3.45. The molecule has 0 aromatic carbocycles. The van der Waals surface area contributed by atoms with Crippen molar-refractivity contribution >= 4 is 29.3 Å². The monoisotopic (exact) mass is 474 g/mol. The van der Waals surface area contributed by atoms with E-state index >= 15 is 0 Å². The molecule has 4 heterocycles. The maximum Gasteiger partial charge on any atom is 0.339 e. The van der Waals surface area contributed by atoms with Crippen LogP contribution >= 0.6 is 0 Å². The van der Waals surface area contributed by atoms with Gasteiger partial charge < -0.3 is 30.4 Å². The Morgan fingerprint density at radius 2 is 1.74 bits per heavy atom. The van der Waals surface area contributed by atoms with Crippen LogP contribution in [0.5, 0.6) is 0 Å². The summed E-state index contributed by atoms with van der Waals surface area (Å²) in [7, 11) is 0. The van der Waals surface area contributed by atoms with Gasteiger partial charge in [0.25, 0.3) is 0 Å². The van der Waals surface area contributed by atoms with Crippen LogP contribution in [-0.4, -0.2) is 34.3 Å². The van der Waals surface area contributed by atoms with Crippen molar-refractivity contribution in [3.63, 3.8) is 0 Å². The van der Waals surface area contributed by atoms with E-state index in [1.165, 1.54) is 27.9 Å². The van der Waals surface area contributed by atoms with Gasteiger partial charge in [-0.1, -0.05) is 19.1 Å². The fourth-order valence-electron chi connectivity index (χ4n) is 5.51. The van der Waals surface area contributed by atoms with Gasteiger partial charge in [-0.2, -0.15) is 0 Å². The number of ether oxygens (including phenoxy) is 1. The number of carbonyl (C=O) groups excluding carboxylic acids is 1. The second-order valence-electron chi connectivity index (χ2n) is 9.21. The molecular weight excluding hydrogens is 440 g/mol. The molecule has 2 aliphatic heterocycles. The molecule has 5 N–H and O–H groups in total. The van der Waals surface area contributed by atoms with Gasteiger partial charge in [0.15, 0.2) is 0 Å². The number of aliphatic hydroxyl groups is 1. The molecule has 2 aromatic heterocycles. The van der Waals surface area contributed by atoms with Crippen molar-refractivity contribution in [2.24, 2.45) is 0 Å². The maximum atomic E-state index is 11.9. The van der Waals surface area contributed by atoms with Crippen molar-refractivity contribution in [1.82, 2.24) is 20.6 Å². The highest BCUT2D eigenvalue weighted by Crippen LogP contribution is 2.40. The molecule has 0 bridgehead atoms. The van der Waals surface area contributed by atoms with Crippen LogP contribution in [0.1, 0.15) is 84.1 Å². The Morgan fingerprint density at radius 3 is 2.46 bits per heavy atom. The van der Waals surface area contributed by atoms with E-state index in [-0.39, 0.29) is 12.6 Å². The summed E-state index contributed by atoms with van der Waals surface area (Å²) < 4.78 is 5.11. The Morgan fingerprint density at radius 1 is 1.03 bits per heavy atom. The SMILES string of the molecule is CCC1CC=C(CO)c2[nH]c3c(c21)C=CNC3.CCOC(=O)C1=CCCc2c1[nH]c1c2C=CNC1. The molecule has 0 saturated carbocycles. The van der Waals surface area contributed by atoms with E-state index in [0.29, 0.717) is 18.1 Å². The number of H-pyrrole nitrogens is 2. The van der Waals surface area contributed by atoms with Gasteiger partial charge in [0.05, 0.1) is 37.6 Å². The lowest BCUT2D eigenvalue weighted by Gasteiger charge is -2.22. The van der Waals surface area contributed by atoms with Crippen LogP contribution in [0.4, 0.5) is 0 Å². The second kappa shape index (κ2) is 10.0. The predicted octanol–water partition coefficient (Wildman–Crippen LogP) is 4.34. The average molecular weight is 475 g/mol. The number of allylic oxidation sites excluding steroid dienone is 2. The van der Waals surface area contributed by atoms with Crippen LogP contribution in [-0.2, 0) is 29.0 Å². The number of aliphatic hydroxyl groups excluding tert-OH is 1. The van der Waals surface area contributed by atoms with E-state index < -0.39 is 0 Å². The molecule has 0 spiro atoms. The van der Waals surface area contributed by atoms with E-state index in [2.05, 4.69) is 45.8 Å². The number of rotatable bonds is 4. The van der Waals surface area contributed by atoms with E-state index in [1.807, 2.05) is 25.4 Å². The zero-order chi connectivity index (χ0) is 24.4. The Kier molecular flexibility index (Phi) is 6.68. The third-order valence-electron chi connectivity index (χ3n) is 7.23. The third-order valence-corrected chi connectivity index (χ3v) is 7.23. The minimum absolute atomic E-state index is 0.125. The van der Waals surface area contributed by atoms with Gasteiger partial charge in [-0.05, 0) is 79.8 Å². The molecule has 0 fully saturated rings. The number of aromatic amines is 2. The minimum Gasteiger partial charge on any atom is -0.462 e. The largest absolute Gasteiger partial charge is 0.462 e. The quantitative estimate of drug-likeness (QED) is 0.424. The lowest BCUT2D eigenvalue weighted by atomic mass is 9.83. The van der Waals surface area contributed by atoms with Gasteiger partial charge in [-0.25, -0.2) is 4.79 Å². The van der Waals surface area contributed by atoms with E-state index in [1.54, 1.807) is 0 Å². The molecule has 0 radical (unpaired) electrons. The molecular formula is C28H34N4O3. The summed E-state index contributed by atoms with van der Waals surface area (Å²) in [6.07, 6.45) is 16.4. The highest BCUT2D eigenvalue weighted by atomic mass is 16.5. The molecule has 7 heteroatoms. The van der Waals surface area contributed by atoms with Gasteiger partial charge in [-0.15, -0.1) is 0 Å². The van der Waals surface area contributed by atoms with E-state index in [4.69, 9.17) is 4.74 Å². The van der Waals surface area contributed by atoms with Crippen molar-refractivity contribution in [3.05, 3.63) is 69.6 Å². The molecule has 1 atom stereocenters. The fourth-order valence-corrected chi connectivity index (χ4v) is 5.51. The standard InChI is InChI=1S/C14H16N2O2.C14H18N2O/c1-2-18-14(17)11-5-3-4-10-9-6-7-15-8-12(9)16-13(10)11;1-2-9-3-4-10(8-17)14-13(9)11-5-6-15-7-12(11)16-14/h5-7,15-16H,2-4,8H2,1H3;4-6,9,15-17H,2-3,7-8H2,1H3. The summed E-state index contributed by atoms with van der Waals surface area (Å²) in [5.74, 6) is 0.358. The number of fused-ring (bicyclic) bond motifs is 6. The predicted molar refractivity (Wildman–Crippen MR) is 139 cm³/mol. The molecule has 2 aliphatic carbocycles. The van der Waals surface area contributed by atoms with Crippen LogP contribution in [0.2, 0.25) is 0 Å². The first-order chi connectivity index (χ1) is 17.2. The molecule has 6 rings (SSSR count). The fraction of sp³-hybridized carbons (Fsp3) is 0.393. The van der Waals surface area contributed by atoms with Crippen molar-refractivity contribution in [2.75, 3.05) is 13.2 Å². The zero-order valence-electron chi connectivity index (χ0n) is 20.5. The normalized spacial score (nSPS) is 18.9. The smallest absolute Gasteiger partial charge is 0.339 e. The Labute approximate surface area is 206 Å². The van der Waals surface area contributed by atoms with E-state index in [0.717, 1.165) is 61.4 Å². The Balaban J connectivity index is 0.000000145. The van der Waals surface area contributed by atoms with Gasteiger partial charge in [-0.3, -0.25) is 0 Å². The summed E-state index contributed by atoms with van der Waals surface area (Å²) in [5.41, 5.74) is 11.5. The van der Waals surface area contributed by atoms with Gasteiger partial charge in [0.2, 0.25) is 0 Å². The van der Waals surface area contributed by atoms with Crippen LogP contribution in [0.3, 0.4) is 0 Å². The first-order valence-electron chi connectivity index (χ1n) is 12.6. The summed E-state index contributed by atoms with van der Waals surface area (Å²) in [6, 6.07) is 0. The first-order valence-corrected chi connectivity index (χ1v) is 12.6. The molecule has 35 heavy (non-hydrogen) atoms. The van der Waals surface area contributed by atoms with Gasteiger partial charge >= 0.3 is 5.97 Å². The number of esters is 1. The van der Waals surface area contributed by atoms with Crippen LogP contribution in [0.25, 0.3) is 23.3 Å². The lowest BCUT2D eigenvalue weighted by Crippen LogP contribution is -2.11. The summed E-state index contributed by atoms with van der Waals surface area (Å²) >= 11 is 0. The van der Waals surface area contributed by atoms with Gasteiger partial charge in [0, 0.05) is 28.2 Å². The Bertz CT molecular complexity index is 1240. The van der Waals surface area contributed by atoms with Crippen molar-refractivity contribution in [3.8, 4) is 0 Å². The molecule has 0 amide bonds. The van der Waals surface area contributed by atoms with Crippen LogP contribution in [0.15, 0.2) is 24.6 Å². The van der Waals surface area contributed by atoms with Crippen LogP contribution in [0, 0.1) is 0 Å². The lowest BCUT2D eigenvalue weighted by molar-refractivity contribution is -0.136. The molecule has 0 saturated heterocycles. The number of carbonyl (C=O) groups is 1. The van der Waals surface area contributed by atoms with E-state index in [9.17, 15) is 9.90 Å². The average Bonchev–Trinajstić information content (AvgIpc) is 3.47. The number of hydrogen-bond donors (Lipinski definition) is 5. The van der Waals surface area contributed by atoms with Crippen LogP contribution < -0.4 is 10.6 Å². The zero-order valence-corrected chi connectivity index (χ0v) is 20.5. The molecule has 1 unspecified atom stereocenters. The summed E-state index contributed by atoms with van der Waals surface area (Å²) in [6.45, 7) is 6.24. The first kappa shape index (κ1) is 23.3. The number of aromatic nitrogens is 2. The van der Waals surface area contributed by atoms with Crippen molar-refractivity contribution in [1.29, 1.82) is 0 Å². The van der Waals surface area contributed by atoms with Gasteiger partial charge in [0.1, 0.15) is 0 Å². The number of hydrogen-bond acceptors (Lipinski definition) is 5. The molecule has 184 valence electrons. The third kappa shape index (κ3) is 4.25. The molecule has 4 aliphatic rings. The maximum absolute atomic E-state index is 11.9. The summed E-state index contributed by atoms with van der Waals surface area (Å²) in [5, 5.41) is 15.8. The van der Waals surface area contributed by atoms with Crippen molar-refractivity contribution < 1.29 is 14.6 Å². The topological polar surface area (TPSA) is 102 Å². The summed E-state index contributed by atoms with van der Waals surface area (Å²) in [4.78, 5) is 18.8. The minimum atomic E-state index is -0.228.